The number of esters is 2. The van der Waals surface area contributed by atoms with Crippen LogP contribution in [0.25, 0.3) is 0 Å². The minimum Gasteiger partial charge on any atom is -0.457 e. The zero-order chi connectivity index (χ0) is 32.6. The average Bonchev–Trinajstić information content (AvgIpc) is 3.51. The second-order valence-corrected chi connectivity index (χ2v) is 17.1. The van der Waals surface area contributed by atoms with E-state index >= 15 is 0 Å². The third-order valence-electron chi connectivity index (χ3n) is 14.6. The minimum absolute atomic E-state index is 0.0282. The highest BCUT2D eigenvalue weighted by Crippen LogP contribution is 2.89. The largest absolute Gasteiger partial charge is 0.490 e. The summed E-state index contributed by atoms with van der Waals surface area (Å²) in [5.74, 6) is -2.68. The van der Waals surface area contributed by atoms with Gasteiger partial charge in [0.15, 0.2) is 6.10 Å². The summed E-state index contributed by atoms with van der Waals surface area (Å²) < 4.78 is 59.5. The van der Waals surface area contributed by atoms with Gasteiger partial charge in [-0.2, -0.15) is 13.2 Å². The summed E-state index contributed by atoms with van der Waals surface area (Å²) in [4.78, 5) is 24.7. The molecule has 6 aliphatic rings. The number of ether oxygens (including phenoxy) is 3. The molecule has 0 aromatic rings. The summed E-state index contributed by atoms with van der Waals surface area (Å²) in [6.45, 7) is 14.9. The summed E-state index contributed by atoms with van der Waals surface area (Å²) in [6.07, 6.45) is -2.87. The van der Waals surface area contributed by atoms with E-state index < -0.39 is 59.0 Å². The normalized spacial score (nSPS) is 49.8. The Morgan fingerprint density at radius 1 is 0.977 bits per heavy atom. The molecular formula is C34H51F3O7. The van der Waals surface area contributed by atoms with Crippen molar-refractivity contribution < 1.29 is 47.2 Å². The number of aliphatic hydroxyl groups is 2. The summed E-state index contributed by atoms with van der Waals surface area (Å²) in [5.41, 5.74) is -3.03. The van der Waals surface area contributed by atoms with Crippen LogP contribution < -0.4 is 0 Å². The Balaban J connectivity index is 1.44. The molecular weight excluding hydrogens is 577 g/mol. The molecule has 0 amide bonds. The quantitative estimate of drug-likeness (QED) is 0.370. The first kappa shape index (κ1) is 32.5. The molecule has 6 fully saturated rings. The number of halogens is 3. The van der Waals surface area contributed by atoms with Crippen LogP contribution in [0.3, 0.4) is 0 Å². The van der Waals surface area contributed by atoms with Crippen LogP contribution in [0.4, 0.5) is 13.2 Å². The van der Waals surface area contributed by atoms with Crippen LogP contribution in [0.2, 0.25) is 0 Å². The average molecular weight is 629 g/mol. The molecule has 7 nitrogen and oxygen atoms in total. The molecule has 1 heterocycles. The maximum absolute atomic E-state index is 13.9. The van der Waals surface area contributed by atoms with Gasteiger partial charge >= 0.3 is 18.1 Å². The fourth-order valence-electron chi connectivity index (χ4n) is 12.7. The number of hydrogen-bond donors (Lipinski definition) is 2. The van der Waals surface area contributed by atoms with Gasteiger partial charge in [0.2, 0.25) is 0 Å². The summed E-state index contributed by atoms with van der Waals surface area (Å²) in [5, 5.41) is 22.0. The standard InChI is InChI=1S/C34H51F3O7/c1-17-15-19(25(29(5,6)41)42-18(2)38)43-24-23(17)30(7)13-14-33-16-32(33)12-11-22(39)28(3,4)20(32)9-10-21(33)31(30,8)26(24)44-27(40)34(35,36)37/h17,19-26,39,41H,9-16H2,1-8H3/t17-,19?,20+,21?,22?,23+,24?,25+,26+,30-,31-,32-,33+/m1/s1. The van der Waals surface area contributed by atoms with Gasteiger partial charge in [-0.05, 0) is 111 Å². The van der Waals surface area contributed by atoms with Crippen molar-refractivity contribution in [3.8, 4) is 0 Å². The Labute approximate surface area is 258 Å². The van der Waals surface area contributed by atoms with Crippen LogP contribution in [0.1, 0.15) is 107 Å². The molecule has 13 atom stereocenters. The molecule has 0 bridgehead atoms. The summed E-state index contributed by atoms with van der Waals surface area (Å²) in [6, 6.07) is 0. The molecule has 0 aromatic heterocycles. The van der Waals surface area contributed by atoms with Crippen molar-refractivity contribution in [3.63, 3.8) is 0 Å². The smallest absolute Gasteiger partial charge is 0.457 e. The fraction of sp³-hybridized carbons (Fsp3) is 0.941. The van der Waals surface area contributed by atoms with Gasteiger partial charge in [-0.1, -0.05) is 34.6 Å². The third kappa shape index (κ3) is 4.10. The minimum atomic E-state index is -5.16. The SMILES string of the molecule is CC(=O)O[C@@H](C1C[C@@H](C)[C@H]2C(O1)[C@H](OC(=O)C(F)(F)F)[C@@]1(C)C3CC[C@H]4C(C)(C)C(O)CC[C@@]45C[C@@]35CC[C@]21C)C(C)(C)O. The Bertz CT molecular complexity index is 1210. The second kappa shape index (κ2) is 9.59. The number of rotatable bonds is 4. The number of carbonyl (C=O) groups excluding carboxylic acids is 2. The Kier molecular flexibility index (Phi) is 7.09. The topological polar surface area (TPSA) is 102 Å². The van der Waals surface area contributed by atoms with Gasteiger partial charge in [0, 0.05) is 12.3 Å². The Hall–Kier alpha value is -1.39. The lowest BCUT2D eigenvalue weighted by Crippen LogP contribution is -2.60. The van der Waals surface area contributed by atoms with Gasteiger partial charge in [0.1, 0.15) is 6.10 Å². The van der Waals surface area contributed by atoms with E-state index in [0.29, 0.717) is 12.3 Å². The van der Waals surface area contributed by atoms with Crippen molar-refractivity contribution in [2.45, 2.75) is 149 Å². The first-order valence-corrected chi connectivity index (χ1v) is 16.6. The molecule has 44 heavy (non-hydrogen) atoms. The van der Waals surface area contributed by atoms with Gasteiger partial charge in [0.05, 0.1) is 23.9 Å². The van der Waals surface area contributed by atoms with E-state index in [9.17, 15) is 33.0 Å². The lowest BCUT2D eigenvalue weighted by atomic mass is 9.41. The predicted molar refractivity (Wildman–Crippen MR) is 154 cm³/mol. The molecule has 1 aliphatic heterocycles. The molecule has 1 saturated heterocycles. The molecule has 6 rings (SSSR count). The van der Waals surface area contributed by atoms with Crippen LogP contribution >= 0.6 is 0 Å². The molecule has 0 aromatic carbocycles. The van der Waals surface area contributed by atoms with E-state index in [1.165, 1.54) is 20.8 Å². The molecule has 250 valence electrons. The first-order chi connectivity index (χ1) is 20.1. The Morgan fingerprint density at radius 3 is 2.18 bits per heavy atom. The highest BCUT2D eigenvalue weighted by atomic mass is 19.4. The lowest BCUT2D eigenvalue weighted by molar-refractivity contribution is -0.238. The van der Waals surface area contributed by atoms with Gasteiger partial charge < -0.3 is 24.4 Å². The number of carbonyl (C=O) groups is 2. The van der Waals surface area contributed by atoms with Crippen molar-refractivity contribution in [2.24, 2.45) is 50.7 Å². The fourth-order valence-corrected chi connectivity index (χ4v) is 12.7. The van der Waals surface area contributed by atoms with E-state index in [1.54, 1.807) is 0 Å². The van der Waals surface area contributed by atoms with Crippen LogP contribution in [-0.4, -0.2) is 64.4 Å². The zero-order valence-corrected chi connectivity index (χ0v) is 27.4. The summed E-state index contributed by atoms with van der Waals surface area (Å²) in [7, 11) is 0. The van der Waals surface area contributed by atoms with Crippen LogP contribution in [0, 0.1) is 50.7 Å². The number of aliphatic hydroxyl groups excluding tert-OH is 1. The molecule has 4 unspecified atom stereocenters. The van der Waals surface area contributed by atoms with E-state index in [1.807, 2.05) is 0 Å². The van der Waals surface area contributed by atoms with Gasteiger partial charge in [-0.25, -0.2) is 4.79 Å². The van der Waals surface area contributed by atoms with E-state index in [0.717, 1.165) is 44.9 Å². The maximum atomic E-state index is 13.9. The van der Waals surface area contributed by atoms with E-state index in [4.69, 9.17) is 14.2 Å². The number of hydrogen-bond acceptors (Lipinski definition) is 7. The first-order valence-electron chi connectivity index (χ1n) is 16.6. The van der Waals surface area contributed by atoms with Crippen molar-refractivity contribution in [1.82, 2.24) is 0 Å². The van der Waals surface area contributed by atoms with E-state index in [2.05, 4.69) is 34.6 Å². The molecule has 0 radical (unpaired) electrons. The van der Waals surface area contributed by atoms with E-state index in [-0.39, 0.29) is 40.1 Å². The highest BCUT2D eigenvalue weighted by molar-refractivity contribution is 5.76. The molecule has 2 N–H and O–H groups in total. The number of alkyl halides is 3. The highest BCUT2D eigenvalue weighted by Gasteiger charge is 2.85. The van der Waals surface area contributed by atoms with Crippen molar-refractivity contribution >= 4 is 11.9 Å². The maximum Gasteiger partial charge on any atom is 0.490 e. The van der Waals surface area contributed by atoms with Gasteiger partial charge in [-0.15, -0.1) is 0 Å². The monoisotopic (exact) mass is 628 g/mol. The lowest BCUT2D eigenvalue weighted by Gasteiger charge is -2.63. The summed E-state index contributed by atoms with van der Waals surface area (Å²) >= 11 is 0. The van der Waals surface area contributed by atoms with Crippen molar-refractivity contribution in [3.05, 3.63) is 0 Å². The second-order valence-electron chi connectivity index (χ2n) is 17.1. The van der Waals surface area contributed by atoms with Gasteiger partial charge in [0.25, 0.3) is 0 Å². The molecule has 5 saturated carbocycles. The van der Waals surface area contributed by atoms with Crippen LogP contribution in [-0.2, 0) is 23.8 Å². The number of fused-ring (bicyclic) bond motifs is 4. The van der Waals surface area contributed by atoms with Crippen LogP contribution in [0.15, 0.2) is 0 Å². The zero-order valence-electron chi connectivity index (χ0n) is 27.4. The Morgan fingerprint density at radius 2 is 1.59 bits per heavy atom. The van der Waals surface area contributed by atoms with Crippen LogP contribution in [0.5, 0.6) is 0 Å². The molecule has 5 aliphatic carbocycles. The molecule has 10 heteroatoms. The van der Waals surface area contributed by atoms with Crippen molar-refractivity contribution in [1.29, 1.82) is 0 Å². The molecule has 2 spiro atoms. The van der Waals surface area contributed by atoms with Gasteiger partial charge in [-0.3, -0.25) is 4.79 Å². The third-order valence-corrected chi connectivity index (χ3v) is 14.6. The van der Waals surface area contributed by atoms with Crippen molar-refractivity contribution in [2.75, 3.05) is 0 Å². The predicted octanol–water partition coefficient (Wildman–Crippen LogP) is 5.98.